The first-order valence-electron chi connectivity index (χ1n) is 6.77. The number of nitrogens with zero attached hydrogens (tertiary/aromatic N) is 1. The molecule has 22 heavy (non-hydrogen) atoms. The SMILES string of the molecule is Cc1cccc(CNC(=O)C(C)Oc2ccc(Cl)cc2Br)n1. The Kier molecular flexibility index (Phi) is 5.80. The van der Waals surface area contributed by atoms with Gasteiger partial charge >= 0.3 is 0 Å². The summed E-state index contributed by atoms with van der Waals surface area (Å²) in [4.78, 5) is 16.4. The highest BCUT2D eigenvalue weighted by Gasteiger charge is 2.16. The van der Waals surface area contributed by atoms with Crippen LogP contribution in [0.1, 0.15) is 18.3 Å². The second-order valence-electron chi connectivity index (χ2n) is 4.82. The summed E-state index contributed by atoms with van der Waals surface area (Å²) in [5.41, 5.74) is 1.73. The van der Waals surface area contributed by atoms with Gasteiger partial charge in [0, 0.05) is 10.7 Å². The molecule has 1 heterocycles. The van der Waals surface area contributed by atoms with Gasteiger partial charge in [-0.2, -0.15) is 0 Å². The highest BCUT2D eigenvalue weighted by atomic mass is 79.9. The molecular weight excluding hydrogens is 368 g/mol. The number of amides is 1. The summed E-state index contributed by atoms with van der Waals surface area (Å²) in [5, 5.41) is 3.41. The fraction of sp³-hybridized carbons (Fsp3) is 0.250. The zero-order valence-electron chi connectivity index (χ0n) is 12.3. The van der Waals surface area contributed by atoms with E-state index in [0.717, 1.165) is 11.4 Å². The zero-order valence-corrected chi connectivity index (χ0v) is 14.6. The number of benzene rings is 1. The van der Waals surface area contributed by atoms with Gasteiger partial charge in [0.15, 0.2) is 6.10 Å². The predicted molar refractivity (Wildman–Crippen MR) is 90.1 cm³/mol. The first kappa shape index (κ1) is 16.8. The Morgan fingerprint density at radius 2 is 2.18 bits per heavy atom. The van der Waals surface area contributed by atoms with Gasteiger partial charge in [0.2, 0.25) is 0 Å². The van der Waals surface area contributed by atoms with E-state index in [9.17, 15) is 4.79 Å². The van der Waals surface area contributed by atoms with Crippen LogP contribution in [0.3, 0.4) is 0 Å². The van der Waals surface area contributed by atoms with E-state index in [2.05, 4.69) is 26.2 Å². The van der Waals surface area contributed by atoms with Crippen molar-refractivity contribution in [2.45, 2.75) is 26.5 Å². The average molecular weight is 384 g/mol. The van der Waals surface area contributed by atoms with Crippen LogP contribution in [0.15, 0.2) is 40.9 Å². The van der Waals surface area contributed by atoms with Gasteiger partial charge in [-0.3, -0.25) is 9.78 Å². The molecule has 1 unspecified atom stereocenters. The minimum absolute atomic E-state index is 0.204. The maximum atomic E-state index is 12.1. The third kappa shape index (κ3) is 4.71. The fourth-order valence-corrected chi connectivity index (χ4v) is 2.61. The van der Waals surface area contributed by atoms with Gasteiger partial charge in [-0.05, 0) is 60.1 Å². The van der Waals surface area contributed by atoms with Crippen LogP contribution in [-0.4, -0.2) is 17.0 Å². The molecule has 1 aromatic heterocycles. The third-order valence-electron chi connectivity index (χ3n) is 2.96. The quantitative estimate of drug-likeness (QED) is 0.852. The number of halogens is 2. The van der Waals surface area contributed by atoms with Gasteiger partial charge in [0.25, 0.3) is 5.91 Å². The van der Waals surface area contributed by atoms with Crippen LogP contribution >= 0.6 is 27.5 Å². The summed E-state index contributed by atoms with van der Waals surface area (Å²) in [6, 6.07) is 10.8. The topological polar surface area (TPSA) is 51.2 Å². The van der Waals surface area contributed by atoms with Crippen LogP contribution in [0, 0.1) is 6.92 Å². The van der Waals surface area contributed by atoms with Crippen molar-refractivity contribution in [2.75, 3.05) is 0 Å². The molecule has 0 radical (unpaired) electrons. The number of nitrogens with one attached hydrogen (secondary N) is 1. The van der Waals surface area contributed by atoms with Crippen molar-refractivity contribution in [1.29, 1.82) is 0 Å². The Bertz CT molecular complexity index is 679. The van der Waals surface area contributed by atoms with Crippen LogP contribution in [0.2, 0.25) is 5.02 Å². The summed E-state index contributed by atoms with van der Waals surface area (Å²) < 4.78 is 6.34. The minimum atomic E-state index is -0.623. The maximum Gasteiger partial charge on any atom is 0.261 e. The van der Waals surface area contributed by atoms with Gasteiger partial charge < -0.3 is 10.1 Å². The second kappa shape index (κ2) is 7.61. The van der Waals surface area contributed by atoms with Crippen molar-refractivity contribution in [3.8, 4) is 5.75 Å². The predicted octanol–water partition coefficient (Wildman–Crippen LogP) is 3.89. The smallest absolute Gasteiger partial charge is 0.261 e. The Labute approximate surface area is 143 Å². The summed E-state index contributed by atoms with van der Waals surface area (Å²) in [7, 11) is 0. The normalized spacial score (nSPS) is 11.8. The Morgan fingerprint density at radius 3 is 2.86 bits per heavy atom. The molecule has 1 amide bonds. The molecule has 0 spiro atoms. The van der Waals surface area contributed by atoms with E-state index in [4.69, 9.17) is 16.3 Å². The van der Waals surface area contributed by atoms with Gasteiger partial charge in [-0.25, -0.2) is 0 Å². The lowest BCUT2D eigenvalue weighted by Gasteiger charge is -2.15. The number of pyridine rings is 1. The van der Waals surface area contributed by atoms with E-state index in [1.54, 1.807) is 25.1 Å². The van der Waals surface area contributed by atoms with E-state index in [-0.39, 0.29) is 5.91 Å². The minimum Gasteiger partial charge on any atom is -0.480 e. The lowest BCUT2D eigenvalue weighted by molar-refractivity contribution is -0.127. The third-order valence-corrected chi connectivity index (χ3v) is 3.81. The second-order valence-corrected chi connectivity index (χ2v) is 6.11. The number of rotatable bonds is 5. The van der Waals surface area contributed by atoms with Crippen molar-refractivity contribution in [2.24, 2.45) is 0 Å². The summed E-state index contributed by atoms with van der Waals surface area (Å²) in [6.45, 7) is 3.98. The Hall–Kier alpha value is -1.59. The van der Waals surface area contributed by atoms with Crippen LogP contribution < -0.4 is 10.1 Å². The van der Waals surface area contributed by atoms with Crippen molar-refractivity contribution >= 4 is 33.4 Å². The summed E-state index contributed by atoms with van der Waals surface area (Å²) in [6.07, 6.45) is -0.623. The standard InChI is InChI=1S/C16H16BrClN2O2/c1-10-4-3-5-13(20-10)9-19-16(21)11(2)22-15-7-6-12(18)8-14(15)17/h3-8,11H,9H2,1-2H3,(H,19,21). The molecule has 0 saturated heterocycles. The molecule has 0 aliphatic rings. The van der Waals surface area contributed by atoms with E-state index < -0.39 is 6.10 Å². The maximum absolute atomic E-state index is 12.1. The Balaban J connectivity index is 1.92. The highest BCUT2D eigenvalue weighted by Crippen LogP contribution is 2.28. The van der Waals surface area contributed by atoms with Crippen molar-refractivity contribution < 1.29 is 9.53 Å². The average Bonchev–Trinajstić information content (AvgIpc) is 2.47. The monoisotopic (exact) mass is 382 g/mol. The molecule has 0 bridgehead atoms. The molecule has 0 aliphatic carbocycles. The molecular formula is C16H16BrClN2O2. The van der Waals surface area contributed by atoms with Crippen molar-refractivity contribution in [3.05, 3.63) is 57.3 Å². The van der Waals surface area contributed by atoms with E-state index in [0.29, 0.717) is 21.8 Å². The number of ether oxygens (including phenoxy) is 1. The van der Waals surface area contributed by atoms with Crippen LogP contribution in [0.25, 0.3) is 0 Å². The Morgan fingerprint density at radius 1 is 1.41 bits per heavy atom. The lowest BCUT2D eigenvalue weighted by atomic mass is 10.3. The van der Waals surface area contributed by atoms with Gasteiger partial charge in [-0.15, -0.1) is 0 Å². The van der Waals surface area contributed by atoms with E-state index in [1.807, 2.05) is 25.1 Å². The number of hydrogen-bond donors (Lipinski definition) is 1. The zero-order chi connectivity index (χ0) is 16.1. The molecule has 116 valence electrons. The number of aryl methyl sites for hydroxylation is 1. The van der Waals surface area contributed by atoms with Crippen LogP contribution in [-0.2, 0) is 11.3 Å². The van der Waals surface area contributed by atoms with Crippen LogP contribution in [0.4, 0.5) is 0 Å². The molecule has 1 atom stereocenters. The van der Waals surface area contributed by atoms with E-state index in [1.165, 1.54) is 0 Å². The number of hydrogen-bond acceptors (Lipinski definition) is 3. The number of aromatic nitrogens is 1. The van der Waals surface area contributed by atoms with Crippen LogP contribution in [0.5, 0.6) is 5.75 Å². The lowest BCUT2D eigenvalue weighted by Crippen LogP contribution is -2.36. The molecule has 1 aromatic carbocycles. The molecule has 6 heteroatoms. The van der Waals surface area contributed by atoms with Crippen molar-refractivity contribution in [3.63, 3.8) is 0 Å². The van der Waals surface area contributed by atoms with E-state index >= 15 is 0 Å². The fourth-order valence-electron chi connectivity index (χ4n) is 1.83. The molecule has 2 aromatic rings. The molecule has 0 aliphatic heterocycles. The van der Waals surface area contributed by atoms with Crippen molar-refractivity contribution in [1.82, 2.24) is 10.3 Å². The first-order valence-corrected chi connectivity index (χ1v) is 7.95. The first-order chi connectivity index (χ1) is 10.5. The highest BCUT2D eigenvalue weighted by molar-refractivity contribution is 9.10. The largest absolute Gasteiger partial charge is 0.480 e. The molecule has 4 nitrogen and oxygen atoms in total. The molecule has 0 saturated carbocycles. The number of carbonyl (C=O) groups is 1. The molecule has 2 rings (SSSR count). The molecule has 1 N–H and O–H groups in total. The molecule has 0 fully saturated rings. The number of carbonyl (C=O) groups excluding carboxylic acids is 1. The van der Waals surface area contributed by atoms with Gasteiger partial charge in [-0.1, -0.05) is 17.7 Å². The summed E-state index contributed by atoms with van der Waals surface area (Å²) in [5.74, 6) is 0.367. The van der Waals surface area contributed by atoms with Gasteiger partial charge in [0.1, 0.15) is 5.75 Å². The van der Waals surface area contributed by atoms with Gasteiger partial charge in [0.05, 0.1) is 16.7 Å². The summed E-state index contributed by atoms with van der Waals surface area (Å²) >= 11 is 9.23.